The first-order chi connectivity index (χ1) is 9.54. The normalized spacial score (nSPS) is 10.2. The number of aromatic carboxylic acids is 1. The summed E-state index contributed by atoms with van der Waals surface area (Å²) >= 11 is 1.18. The standard InChI is InChI=1S/C12H12N4O3S/c1-7-13-12(16-15-7)20-6-10(17)14-9-4-2-3-8(5-9)11(18)19/h2-5H,6H2,1H3,(H,14,17)(H,18,19)(H,13,15,16)/p-1. The van der Waals surface area contributed by atoms with Crippen LogP contribution in [0.4, 0.5) is 5.69 Å². The number of aryl methyl sites for hydroxylation is 1. The summed E-state index contributed by atoms with van der Waals surface area (Å²) in [6.45, 7) is 1.77. The Bertz CT molecular complexity index is 641. The van der Waals surface area contributed by atoms with E-state index in [2.05, 4.69) is 20.5 Å². The number of aromatic nitrogens is 3. The zero-order valence-corrected chi connectivity index (χ0v) is 11.4. The number of nitrogens with one attached hydrogen (secondary N) is 2. The maximum atomic E-state index is 11.7. The molecule has 1 aromatic heterocycles. The molecule has 0 radical (unpaired) electrons. The molecule has 7 nitrogen and oxygen atoms in total. The predicted molar refractivity (Wildman–Crippen MR) is 71.2 cm³/mol. The van der Waals surface area contributed by atoms with Gasteiger partial charge in [-0.15, -0.1) is 5.10 Å². The number of carbonyl (C=O) groups is 2. The number of carboxylic acids is 1. The monoisotopic (exact) mass is 291 g/mol. The summed E-state index contributed by atoms with van der Waals surface area (Å²) in [5.74, 6) is -0.749. The van der Waals surface area contributed by atoms with Gasteiger partial charge in [-0.3, -0.25) is 9.89 Å². The van der Waals surface area contributed by atoms with E-state index >= 15 is 0 Å². The summed E-state index contributed by atoms with van der Waals surface area (Å²) in [7, 11) is 0. The molecule has 1 aromatic carbocycles. The van der Waals surface area contributed by atoms with E-state index in [1.807, 2.05) is 0 Å². The molecule has 0 saturated heterocycles. The lowest BCUT2D eigenvalue weighted by molar-refractivity contribution is -0.255. The Kier molecular flexibility index (Phi) is 4.36. The lowest BCUT2D eigenvalue weighted by Crippen LogP contribution is -2.22. The van der Waals surface area contributed by atoms with E-state index in [0.29, 0.717) is 16.7 Å². The third-order valence-corrected chi connectivity index (χ3v) is 3.14. The molecular formula is C12H11N4O3S-. The zero-order valence-electron chi connectivity index (χ0n) is 10.5. The van der Waals surface area contributed by atoms with E-state index in [1.54, 1.807) is 13.0 Å². The van der Waals surface area contributed by atoms with Gasteiger partial charge in [-0.05, 0) is 24.6 Å². The van der Waals surface area contributed by atoms with Crippen LogP contribution in [0.25, 0.3) is 0 Å². The van der Waals surface area contributed by atoms with Crippen molar-refractivity contribution in [3.8, 4) is 0 Å². The van der Waals surface area contributed by atoms with Crippen LogP contribution >= 0.6 is 11.8 Å². The van der Waals surface area contributed by atoms with E-state index in [9.17, 15) is 14.7 Å². The third kappa shape index (κ3) is 3.82. The van der Waals surface area contributed by atoms with E-state index in [4.69, 9.17) is 0 Å². The van der Waals surface area contributed by atoms with Gasteiger partial charge in [0.15, 0.2) is 0 Å². The highest BCUT2D eigenvalue weighted by atomic mass is 32.2. The van der Waals surface area contributed by atoms with Crippen molar-refractivity contribution >= 4 is 29.3 Å². The van der Waals surface area contributed by atoms with Crippen LogP contribution in [0, 0.1) is 6.92 Å². The van der Waals surface area contributed by atoms with Crippen LogP contribution in [0.2, 0.25) is 0 Å². The maximum Gasteiger partial charge on any atom is 0.234 e. The SMILES string of the molecule is Cc1nc(SCC(=O)Nc2cccc(C(=O)[O-])c2)n[nH]1. The van der Waals surface area contributed by atoms with E-state index in [1.165, 1.54) is 30.0 Å². The molecule has 0 spiro atoms. The first-order valence-corrected chi connectivity index (χ1v) is 6.66. The number of hydrogen-bond donors (Lipinski definition) is 2. The molecule has 1 heterocycles. The number of hydrogen-bond acceptors (Lipinski definition) is 6. The number of aromatic amines is 1. The zero-order chi connectivity index (χ0) is 14.5. The average Bonchev–Trinajstić information content (AvgIpc) is 2.82. The molecule has 0 saturated carbocycles. The van der Waals surface area contributed by atoms with Gasteiger partial charge < -0.3 is 15.2 Å². The number of amides is 1. The fourth-order valence-corrected chi connectivity index (χ4v) is 2.08. The average molecular weight is 291 g/mol. The van der Waals surface area contributed by atoms with Crippen LogP contribution in [0.1, 0.15) is 16.2 Å². The van der Waals surface area contributed by atoms with Crippen LogP contribution < -0.4 is 10.4 Å². The molecule has 0 bridgehead atoms. The van der Waals surface area contributed by atoms with Gasteiger partial charge in [-0.1, -0.05) is 23.9 Å². The van der Waals surface area contributed by atoms with Gasteiger partial charge in [0, 0.05) is 5.69 Å². The molecule has 1 amide bonds. The molecule has 0 unspecified atom stereocenters. The predicted octanol–water partition coefficient (Wildman–Crippen LogP) is 0.207. The summed E-state index contributed by atoms with van der Waals surface area (Å²) in [4.78, 5) is 26.5. The van der Waals surface area contributed by atoms with Crippen molar-refractivity contribution in [3.05, 3.63) is 35.7 Å². The van der Waals surface area contributed by atoms with E-state index in [-0.39, 0.29) is 17.2 Å². The number of carboxylic acid groups (broad SMARTS) is 1. The van der Waals surface area contributed by atoms with Crippen molar-refractivity contribution in [1.29, 1.82) is 0 Å². The smallest absolute Gasteiger partial charge is 0.234 e. The van der Waals surface area contributed by atoms with Crippen molar-refractivity contribution < 1.29 is 14.7 Å². The van der Waals surface area contributed by atoms with Crippen molar-refractivity contribution in [2.45, 2.75) is 12.1 Å². The van der Waals surface area contributed by atoms with E-state index < -0.39 is 5.97 Å². The highest BCUT2D eigenvalue weighted by Gasteiger charge is 2.07. The Morgan fingerprint density at radius 1 is 1.45 bits per heavy atom. The number of rotatable bonds is 5. The van der Waals surface area contributed by atoms with Gasteiger partial charge in [-0.25, -0.2) is 4.98 Å². The second kappa shape index (κ2) is 6.20. The number of thioether (sulfide) groups is 1. The lowest BCUT2D eigenvalue weighted by atomic mass is 10.2. The summed E-state index contributed by atoms with van der Waals surface area (Å²) in [6.07, 6.45) is 0. The van der Waals surface area contributed by atoms with Crippen LogP contribution in [0.5, 0.6) is 0 Å². The molecule has 104 valence electrons. The fraction of sp³-hybridized carbons (Fsp3) is 0.167. The van der Waals surface area contributed by atoms with E-state index in [0.717, 1.165) is 0 Å². The second-order valence-corrected chi connectivity index (χ2v) is 4.85. The Labute approximate surface area is 118 Å². The first-order valence-electron chi connectivity index (χ1n) is 5.67. The number of benzene rings is 1. The summed E-state index contributed by atoms with van der Waals surface area (Å²) < 4.78 is 0. The number of nitrogens with zero attached hydrogens (tertiary/aromatic N) is 2. The highest BCUT2D eigenvalue weighted by Crippen LogP contribution is 2.14. The lowest BCUT2D eigenvalue weighted by Gasteiger charge is -2.07. The maximum absolute atomic E-state index is 11.7. The highest BCUT2D eigenvalue weighted by molar-refractivity contribution is 7.99. The minimum atomic E-state index is -1.29. The third-order valence-electron chi connectivity index (χ3n) is 2.29. The molecule has 0 atom stereocenters. The molecule has 2 rings (SSSR count). The van der Waals surface area contributed by atoms with Crippen LogP contribution in [-0.2, 0) is 4.79 Å². The fourth-order valence-electron chi connectivity index (χ4n) is 1.44. The van der Waals surface area contributed by atoms with Crippen molar-refractivity contribution in [3.63, 3.8) is 0 Å². The summed E-state index contributed by atoms with van der Waals surface area (Å²) in [6, 6.07) is 5.88. The molecule has 2 aromatic rings. The van der Waals surface area contributed by atoms with Crippen molar-refractivity contribution in [2.75, 3.05) is 11.1 Å². The van der Waals surface area contributed by atoms with Gasteiger partial charge in [-0.2, -0.15) is 0 Å². The van der Waals surface area contributed by atoms with Gasteiger partial charge in [0.25, 0.3) is 0 Å². The second-order valence-electron chi connectivity index (χ2n) is 3.91. The Morgan fingerprint density at radius 3 is 2.90 bits per heavy atom. The summed E-state index contributed by atoms with van der Waals surface area (Å²) in [5.41, 5.74) is 0.420. The van der Waals surface area contributed by atoms with Crippen molar-refractivity contribution in [2.24, 2.45) is 0 Å². The summed E-state index contributed by atoms with van der Waals surface area (Å²) in [5, 5.41) is 20.4. The van der Waals surface area contributed by atoms with Crippen molar-refractivity contribution in [1.82, 2.24) is 15.2 Å². The Balaban J connectivity index is 1.91. The quantitative estimate of drug-likeness (QED) is 0.762. The largest absolute Gasteiger partial charge is 0.545 e. The minimum Gasteiger partial charge on any atom is -0.545 e. The molecule has 0 aliphatic heterocycles. The topological polar surface area (TPSA) is 111 Å². The van der Waals surface area contributed by atoms with Crippen LogP contribution in [0.15, 0.2) is 29.4 Å². The minimum absolute atomic E-state index is 0.0139. The Morgan fingerprint density at radius 2 is 2.25 bits per heavy atom. The molecule has 2 N–H and O–H groups in total. The molecule has 0 aliphatic rings. The van der Waals surface area contributed by atoms with Gasteiger partial charge in [0.05, 0.1) is 11.7 Å². The van der Waals surface area contributed by atoms with Crippen LogP contribution in [-0.4, -0.2) is 32.8 Å². The van der Waals surface area contributed by atoms with Gasteiger partial charge >= 0.3 is 0 Å². The molecule has 0 fully saturated rings. The number of carbonyl (C=O) groups excluding carboxylic acids is 2. The molecule has 20 heavy (non-hydrogen) atoms. The van der Waals surface area contributed by atoms with Gasteiger partial charge in [0.1, 0.15) is 5.82 Å². The Hall–Kier alpha value is -2.35. The number of H-pyrrole nitrogens is 1. The van der Waals surface area contributed by atoms with Gasteiger partial charge in [0.2, 0.25) is 11.1 Å². The first kappa shape index (κ1) is 14.1. The van der Waals surface area contributed by atoms with Crippen LogP contribution in [0.3, 0.4) is 0 Å². The molecular weight excluding hydrogens is 280 g/mol. The number of anilines is 1. The molecule has 0 aliphatic carbocycles. The molecule has 8 heteroatoms.